The number of carboxylic acids is 1. The minimum absolute atomic E-state index is 0.00760. The van der Waals surface area contributed by atoms with Crippen molar-refractivity contribution in [2.45, 2.75) is 6.92 Å². The maximum Gasteiger partial charge on any atom is 0.356 e. The first-order valence-electron chi connectivity index (χ1n) is 6.71. The number of carboxylic acid groups (broad SMARTS) is 1. The van der Waals surface area contributed by atoms with E-state index < -0.39 is 5.97 Å². The highest BCUT2D eigenvalue weighted by molar-refractivity contribution is 6.30. The molecule has 0 unspecified atom stereocenters. The van der Waals surface area contributed by atoms with Crippen molar-refractivity contribution in [3.05, 3.63) is 71.0 Å². The fraction of sp³-hybridized carbons (Fsp3) is 0.0588. The SMILES string of the molecule is Cc1cc(Cl)ccc1-n1cc(C(=O)O)nc1-c1ccccc1. The number of halogens is 1. The summed E-state index contributed by atoms with van der Waals surface area (Å²) in [6.07, 6.45) is 1.53. The largest absolute Gasteiger partial charge is 0.476 e. The van der Waals surface area contributed by atoms with E-state index >= 15 is 0 Å². The molecule has 0 aliphatic heterocycles. The predicted octanol–water partition coefficient (Wildman–Crippen LogP) is 4.20. The summed E-state index contributed by atoms with van der Waals surface area (Å²) >= 11 is 6.00. The van der Waals surface area contributed by atoms with E-state index in [1.807, 2.05) is 49.4 Å². The summed E-state index contributed by atoms with van der Waals surface area (Å²) in [5, 5.41) is 9.87. The van der Waals surface area contributed by atoms with E-state index in [1.165, 1.54) is 6.20 Å². The van der Waals surface area contributed by atoms with Crippen LogP contribution in [0.3, 0.4) is 0 Å². The molecule has 4 nitrogen and oxygen atoms in total. The van der Waals surface area contributed by atoms with Gasteiger partial charge in [0.15, 0.2) is 5.69 Å². The molecule has 0 aliphatic rings. The number of aryl methyl sites for hydroxylation is 1. The Morgan fingerprint density at radius 1 is 1.18 bits per heavy atom. The lowest BCUT2D eigenvalue weighted by atomic mass is 10.1. The third-order valence-electron chi connectivity index (χ3n) is 3.38. The zero-order chi connectivity index (χ0) is 15.7. The van der Waals surface area contributed by atoms with E-state index in [0.717, 1.165) is 16.8 Å². The lowest BCUT2D eigenvalue weighted by Crippen LogP contribution is -1.98. The Morgan fingerprint density at radius 2 is 1.91 bits per heavy atom. The smallest absolute Gasteiger partial charge is 0.356 e. The number of imidazole rings is 1. The molecular formula is C17H13ClN2O2. The first-order chi connectivity index (χ1) is 10.6. The molecule has 0 amide bonds. The molecule has 0 saturated carbocycles. The maximum atomic E-state index is 11.3. The number of carbonyl (C=O) groups is 1. The van der Waals surface area contributed by atoms with Crippen LogP contribution in [0.25, 0.3) is 17.1 Å². The van der Waals surface area contributed by atoms with Gasteiger partial charge in [-0.15, -0.1) is 0 Å². The van der Waals surface area contributed by atoms with Crippen LogP contribution < -0.4 is 0 Å². The van der Waals surface area contributed by atoms with Crippen molar-refractivity contribution >= 4 is 17.6 Å². The van der Waals surface area contributed by atoms with Crippen LogP contribution in [0.1, 0.15) is 16.1 Å². The third-order valence-corrected chi connectivity index (χ3v) is 3.61. The number of aromatic nitrogens is 2. The van der Waals surface area contributed by atoms with E-state index in [0.29, 0.717) is 10.8 Å². The quantitative estimate of drug-likeness (QED) is 0.788. The molecule has 0 bridgehead atoms. The minimum atomic E-state index is -1.05. The Hall–Kier alpha value is -2.59. The van der Waals surface area contributed by atoms with Crippen molar-refractivity contribution in [2.24, 2.45) is 0 Å². The number of nitrogens with zero attached hydrogens (tertiary/aromatic N) is 2. The van der Waals surface area contributed by atoms with Gasteiger partial charge in [0.2, 0.25) is 0 Å². The molecule has 22 heavy (non-hydrogen) atoms. The van der Waals surface area contributed by atoms with Gasteiger partial charge in [-0.2, -0.15) is 0 Å². The van der Waals surface area contributed by atoms with Gasteiger partial charge in [0, 0.05) is 16.8 Å². The molecule has 1 heterocycles. The molecule has 0 saturated heterocycles. The molecular weight excluding hydrogens is 300 g/mol. The van der Waals surface area contributed by atoms with Crippen molar-refractivity contribution in [3.63, 3.8) is 0 Å². The Kier molecular flexibility index (Phi) is 3.69. The van der Waals surface area contributed by atoms with Crippen LogP contribution in [0.4, 0.5) is 0 Å². The number of hydrogen-bond acceptors (Lipinski definition) is 2. The van der Waals surface area contributed by atoms with Gasteiger partial charge >= 0.3 is 5.97 Å². The molecule has 3 aromatic rings. The summed E-state index contributed by atoms with van der Waals surface area (Å²) in [4.78, 5) is 15.5. The van der Waals surface area contributed by atoms with Crippen molar-refractivity contribution in [1.29, 1.82) is 0 Å². The van der Waals surface area contributed by atoms with Crippen LogP contribution in [0, 0.1) is 6.92 Å². The third kappa shape index (κ3) is 2.61. The van der Waals surface area contributed by atoms with Crippen LogP contribution in [-0.4, -0.2) is 20.6 Å². The van der Waals surface area contributed by atoms with E-state index in [4.69, 9.17) is 11.6 Å². The van der Waals surface area contributed by atoms with Crippen LogP contribution in [0.2, 0.25) is 5.02 Å². The van der Waals surface area contributed by atoms with Gasteiger partial charge in [0.1, 0.15) is 5.82 Å². The van der Waals surface area contributed by atoms with Gasteiger partial charge in [0.25, 0.3) is 0 Å². The molecule has 0 aliphatic carbocycles. The second kappa shape index (κ2) is 5.66. The average molecular weight is 313 g/mol. The van der Waals surface area contributed by atoms with E-state index in [1.54, 1.807) is 10.6 Å². The molecule has 0 spiro atoms. The highest BCUT2D eigenvalue weighted by atomic mass is 35.5. The Bertz CT molecular complexity index is 841. The Morgan fingerprint density at radius 3 is 2.55 bits per heavy atom. The number of benzene rings is 2. The molecule has 0 radical (unpaired) electrons. The van der Waals surface area contributed by atoms with Gasteiger partial charge in [-0.25, -0.2) is 9.78 Å². The Labute approximate surface area is 132 Å². The number of aromatic carboxylic acids is 1. The van der Waals surface area contributed by atoms with Crippen LogP contribution in [0.5, 0.6) is 0 Å². The van der Waals surface area contributed by atoms with Gasteiger partial charge in [-0.3, -0.25) is 4.57 Å². The van der Waals surface area contributed by atoms with Crippen LogP contribution >= 0.6 is 11.6 Å². The lowest BCUT2D eigenvalue weighted by molar-refractivity contribution is 0.0691. The van der Waals surface area contributed by atoms with Crippen molar-refractivity contribution < 1.29 is 9.90 Å². The van der Waals surface area contributed by atoms with Crippen LogP contribution in [0.15, 0.2) is 54.7 Å². The summed E-state index contributed by atoms with van der Waals surface area (Å²) in [5.74, 6) is -0.467. The summed E-state index contributed by atoms with van der Waals surface area (Å²) in [7, 11) is 0. The van der Waals surface area contributed by atoms with E-state index in [9.17, 15) is 9.90 Å². The molecule has 0 fully saturated rings. The zero-order valence-corrected chi connectivity index (χ0v) is 12.6. The molecule has 110 valence electrons. The highest BCUT2D eigenvalue weighted by Gasteiger charge is 2.16. The number of rotatable bonds is 3. The predicted molar refractivity (Wildman–Crippen MR) is 85.7 cm³/mol. The van der Waals surface area contributed by atoms with Gasteiger partial charge in [-0.1, -0.05) is 41.9 Å². The van der Waals surface area contributed by atoms with E-state index in [2.05, 4.69) is 4.98 Å². The fourth-order valence-electron chi connectivity index (χ4n) is 2.35. The average Bonchev–Trinajstić information content (AvgIpc) is 2.93. The first kappa shape index (κ1) is 14.4. The minimum Gasteiger partial charge on any atom is -0.476 e. The second-order valence-corrected chi connectivity index (χ2v) is 5.36. The van der Waals surface area contributed by atoms with Crippen molar-refractivity contribution in [2.75, 3.05) is 0 Å². The topological polar surface area (TPSA) is 55.1 Å². The Balaban J connectivity index is 2.24. The highest BCUT2D eigenvalue weighted by Crippen LogP contribution is 2.26. The molecule has 1 aromatic heterocycles. The zero-order valence-electron chi connectivity index (χ0n) is 11.8. The second-order valence-electron chi connectivity index (χ2n) is 4.92. The van der Waals surface area contributed by atoms with Crippen molar-refractivity contribution in [1.82, 2.24) is 9.55 Å². The summed E-state index contributed by atoms with van der Waals surface area (Å²) in [6.45, 7) is 1.93. The number of hydrogen-bond donors (Lipinski definition) is 1. The molecule has 3 rings (SSSR count). The fourth-order valence-corrected chi connectivity index (χ4v) is 2.57. The summed E-state index contributed by atoms with van der Waals surface area (Å²) in [5.41, 5.74) is 2.65. The molecule has 1 N–H and O–H groups in total. The van der Waals surface area contributed by atoms with Gasteiger partial charge in [0.05, 0.1) is 5.69 Å². The standard InChI is InChI=1S/C17H13ClN2O2/c1-11-9-13(18)7-8-15(11)20-10-14(17(21)22)19-16(20)12-5-3-2-4-6-12/h2-10H,1H3,(H,21,22). The normalized spacial score (nSPS) is 10.6. The summed E-state index contributed by atoms with van der Waals surface area (Å²) in [6, 6.07) is 15.0. The first-order valence-corrected chi connectivity index (χ1v) is 7.08. The van der Waals surface area contributed by atoms with Crippen LogP contribution in [-0.2, 0) is 0 Å². The summed E-state index contributed by atoms with van der Waals surface area (Å²) < 4.78 is 1.78. The van der Waals surface area contributed by atoms with Gasteiger partial charge < -0.3 is 5.11 Å². The molecule has 5 heteroatoms. The maximum absolute atomic E-state index is 11.3. The van der Waals surface area contributed by atoms with Crippen molar-refractivity contribution in [3.8, 4) is 17.1 Å². The lowest BCUT2D eigenvalue weighted by Gasteiger charge is -2.11. The molecule has 0 atom stereocenters. The molecule has 2 aromatic carbocycles. The van der Waals surface area contributed by atoms with E-state index in [-0.39, 0.29) is 5.69 Å². The monoisotopic (exact) mass is 312 g/mol. The van der Waals surface area contributed by atoms with Gasteiger partial charge in [-0.05, 0) is 30.7 Å².